The number of aromatic nitrogens is 2. The Morgan fingerprint density at radius 1 is 1.17 bits per heavy atom. The Labute approximate surface area is 174 Å². The molecule has 0 unspecified atom stereocenters. The molecule has 164 valence electrons. The summed E-state index contributed by atoms with van der Waals surface area (Å²) in [6.07, 6.45) is 6.80. The van der Waals surface area contributed by atoms with Gasteiger partial charge in [-0.05, 0) is 25.7 Å². The number of carbonyl (C=O) groups excluding carboxylic acids is 1. The van der Waals surface area contributed by atoms with Crippen molar-refractivity contribution in [1.82, 2.24) is 19.4 Å². The molecule has 3 rings (SSSR count). The first-order chi connectivity index (χ1) is 13.9. The molecule has 29 heavy (non-hydrogen) atoms. The van der Waals surface area contributed by atoms with Crippen LogP contribution in [-0.4, -0.2) is 78.8 Å². The second-order valence-corrected chi connectivity index (χ2v) is 10.2. The third-order valence-corrected chi connectivity index (χ3v) is 8.23. The monoisotopic (exact) mass is 426 g/mol. The first-order valence-electron chi connectivity index (χ1n) is 10.7. The molecule has 1 aromatic heterocycles. The Morgan fingerprint density at radius 2 is 1.93 bits per heavy atom. The fourth-order valence-corrected chi connectivity index (χ4v) is 6.34. The Bertz CT molecular complexity index is 786. The number of ether oxygens (including phenoxy) is 1. The van der Waals surface area contributed by atoms with E-state index >= 15 is 0 Å². The average molecular weight is 427 g/mol. The smallest absolute Gasteiger partial charge is 0.228 e. The average Bonchev–Trinajstić information content (AvgIpc) is 3.29. The minimum atomic E-state index is -3.41. The highest BCUT2D eigenvalue weighted by molar-refractivity contribution is 7.91. The van der Waals surface area contributed by atoms with E-state index in [1.807, 2.05) is 9.47 Å². The van der Waals surface area contributed by atoms with Gasteiger partial charge in [0.15, 0.2) is 0 Å². The first-order valence-corrected chi connectivity index (χ1v) is 12.2. The van der Waals surface area contributed by atoms with Crippen LogP contribution < -0.4 is 0 Å². The van der Waals surface area contributed by atoms with Crippen molar-refractivity contribution in [2.75, 3.05) is 39.9 Å². The lowest BCUT2D eigenvalue weighted by Gasteiger charge is -2.22. The number of hydrogen-bond acceptors (Lipinski definition) is 6. The van der Waals surface area contributed by atoms with Crippen LogP contribution >= 0.6 is 0 Å². The van der Waals surface area contributed by atoms with Crippen LogP contribution in [-0.2, 0) is 32.5 Å². The van der Waals surface area contributed by atoms with E-state index in [1.54, 1.807) is 20.2 Å². The molecular weight excluding hydrogens is 392 g/mol. The van der Waals surface area contributed by atoms with Crippen molar-refractivity contribution in [3.05, 3.63) is 11.9 Å². The molecule has 1 aliphatic carbocycles. The number of hydrogen-bond donors (Lipinski definition) is 0. The van der Waals surface area contributed by atoms with Gasteiger partial charge in [0.2, 0.25) is 20.9 Å². The van der Waals surface area contributed by atoms with Crippen LogP contribution in [0.2, 0.25) is 0 Å². The maximum absolute atomic E-state index is 13.2. The molecule has 2 aliphatic rings. The van der Waals surface area contributed by atoms with Crippen LogP contribution in [0.15, 0.2) is 11.4 Å². The highest BCUT2D eigenvalue weighted by Gasteiger charge is 2.34. The van der Waals surface area contributed by atoms with Gasteiger partial charge < -0.3 is 14.2 Å². The second-order valence-electron chi connectivity index (χ2n) is 8.12. The summed E-state index contributed by atoms with van der Waals surface area (Å²) < 4.78 is 33.5. The topological polar surface area (TPSA) is 84.7 Å². The van der Waals surface area contributed by atoms with E-state index in [0.717, 1.165) is 63.9 Å². The molecule has 1 aliphatic heterocycles. The van der Waals surface area contributed by atoms with Crippen LogP contribution in [0.4, 0.5) is 0 Å². The first kappa shape index (κ1) is 22.2. The van der Waals surface area contributed by atoms with Crippen LogP contribution in [0.25, 0.3) is 0 Å². The molecule has 1 saturated carbocycles. The van der Waals surface area contributed by atoms with E-state index in [4.69, 9.17) is 4.74 Å². The highest BCUT2D eigenvalue weighted by atomic mass is 32.2. The summed E-state index contributed by atoms with van der Waals surface area (Å²) >= 11 is 0. The molecular formula is C20H34N4O4S. The van der Waals surface area contributed by atoms with Gasteiger partial charge in [-0.1, -0.05) is 12.8 Å². The Morgan fingerprint density at radius 3 is 2.62 bits per heavy atom. The van der Waals surface area contributed by atoms with Gasteiger partial charge in [0.25, 0.3) is 0 Å². The molecule has 0 N–H and O–H groups in total. The molecule has 0 spiro atoms. The third kappa shape index (κ3) is 5.38. The van der Waals surface area contributed by atoms with Crippen LogP contribution in [0.1, 0.15) is 51.1 Å². The molecule has 1 amide bonds. The normalized spacial score (nSPS) is 19.6. The van der Waals surface area contributed by atoms with Gasteiger partial charge in [-0.25, -0.2) is 13.4 Å². The van der Waals surface area contributed by atoms with Crippen molar-refractivity contribution in [3.8, 4) is 0 Å². The fraction of sp³-hybridized carbons (Fsp3) is 0.800. The van der Waals surface area contributed by atoms with Gasteiger partial charge in [0, 0.05) is 59.9 Å². The third-order valence-electron chi connectivity index (χ3n) is 6.05. The van der Waals surface area contributed by atoms with Crippen molar-refractivity contribution >= 4 is 15.7 Å². The van der Waals surface area contributed by atoms with E-state index < -0.39 is 9.84 Å². The number of amides is 1. The Kier molecular flexibility index (Phi) is 7.70. The molecule has 8 nitrogen and oxygen atoms in total. The minimum absolute atomic E-state index is 0.112. The molecule has 9 heteroatoms. The quantitative estimate of drug-likeness (QED) is 0.588. The molecule has 0 aromatic carbocycles. The van der Waals surface area contributed by atoms with E-state index in [9.17, 15) is 13.2 Å². The highest BCUT2D eigenvalue weighted by Crippen LogP contribution is 2.30. The lowest BCUT2D eigenvalue weighted by atomic mass is 10.3. The predicted molar refractivity (Wildman–Crippen MR) is 110 cm³/mol. The summed E-state index contributed by atoms with van der Waals surface area (Å²) in [5, 5.41) is -0.0862. The van der Waals surface area contributed by atoms with Crippen LogP contribution in [0.5, 0.6) is 0 Å². The zero-order valence-electron chi connectivity index (χ0n) is 17.7. The van der Waals surface area contributed by atoms with E-state index in [0.29, 0.717) is 26.2 Å². The number of nitrogens with zero attached hydrogens (tertiary/aromatic N) is 4. The van der Waals surface area contributed by atoms with Crippen molar-refractivity contribution in [2.45, 2.75) is 68.9 Å². The molecule has 0 radical (unpaired) electrons. The number of imidazole rings is 1. The molecule has 0 bridgehead atoms. The van der Waals surface area contributed by atoms with E-state index in [-0.39, 0.29) is 16.3 Å². The Balaban J connectivity index is 1.79. The van der Waals surface area contributed by atoms with Gasteiger partial charge >= 0.3 is 0 Å². The molecule has 0 atom stereocenters. The number of carbonyl (C=O) groups is 1. The molecule has 1 saturated heterocycles. The zero-order chi connectivity index (χ0) is 20.9. The van der Waals surface area contributed by atoms with Crippen LogP contribution in [0, 0.1) is 0 Å². The van der Waals surface area contributed by atoms with Gasteiger partial charge in [0.1, 0.15) is 0 Å². The largest absolute Gasteiger partial charge is 0.385 e. The summed E-state index contributed by atoms with van der Waals surface area (Å²) in [7, 11) is -1.76. The number of methoxy groups -OCH3 is 1. The second kappa shape index (κ2) is 10.0. The van der Waals surface area contributed by atoms with Crippen molar-refractivity contribution in [1.29, 1.82) is 0 Å². The summed E-state index contributed by atoms with van der Waals surface area (Å²) in [6.45, 7) is 6.58. The standard InChI is InChI=1S/C20H34N4O4S/c1-17(25)23-10-5-9-22(12-13-23)16-18-15-21-20(24(18)11-6-14-28-2)29(26,27)19-7-3-4-8-19/h15,19H,3-14,16H2,1-2H3. The molecule has 2 fully saturated rings. The van der Waals surface area contributed by atoms with E-state index in [1.165, 1.54) is 0 Å². The summed E-state index contributed by atoms with van der Waals surface area (Å²) in [6, 6.07) is 0. The van der Waals surface area contributed by atoms with Gasteiger partial charge in [-0.3, -0.25) is 9.69 Å². The molecule has 2 heterocycles. The Hall–Kier alpha value is -1.45. The number of rotatable bonds is 8. The van der Waals surface area contributed by atoms with Gasteiger partial charge in [-0.15, -0.1) is 0 Å². The van der Waals surface area contributed by atoms with Crippen LogP contribution in [0.3, 0.4) is 0 Å². The zero-order valence-corrected chi connectivity index (χ0v) is 18.5. The molecule has 1 aromatic rings. The summed E-state index contributed by atoms with van der Waals surface area (Å²) in [5.74, 6) is 0.112. The van der Waals surface area contributed by atoms with Gasteiger partial charge in [-0.2, -0.15) is 0 Å². The number of sulfone groups is 1. The lowest BCUT2D eigenvalue weighted by Crippen LogP contribution is -2.33. The van der Waals surface area contributed by atoms with Crippen molar-refractivity contribution in [3.63, 3.8) is 0 Å². The summed E-state index contributed by atoms with van der Waals surface area (Å²) in [5.41, 5.74) is 0.925. The fourth-order valence-electron chi connectivity index (χ4n) is 4.37. The van der Waals surface area contributed by atoms with E-state index in [2.05, 4.69) is 9.88 Å². The van der Waals surface area contributed by atoms with Gasteiger partial charge in [0.05, 0.1) is 17.1 Å². The minimum Gasteiger partial charge on any atom is -0.385 e. The lowest BCUT2D eigenvalue weighted by molar-refractivity contribution is -0.128. The van der Waals surface area contributed by atoms with Crippen molar-refractivity contribution < 1.29 is 17.9 Å². The maximum Gasteiger partial charge on any atom is 0.228 e. The van der Waals surface area contributed by atoms with Crippen molar-refractivity contribution in [2.24, 2.45) is 0 Å². The predicted octanol–water partition coefficient (Wildman–Crippen LogP) is 1.69. The maximum atomic E-state index is 13.2. The summed E-state index contributed by atoms with van der Waals surface area (Å²) in [4.78, 5) is 20.2. The SMILES string of the molecule is COCCCn1c(CN2CCCN(C(C)=O)CC2)cnc1S(=O)(=O)C1CCCC1.